The van der Waals surface area contributed by atoms with Gasteiger partial charge in [0.25, 0.3) is 5.91 Å². The van der Waals surface area contributed by atoms with Crippen LogP contribution in [0.5, 0.6) is 0 Å². The number of nitrogens with zero attached hydrogens (tertiary/aromatic N) is 1. The molecule has 1 amide bonds. The number of aliphatic imine (C=N–C) groups is 1. The Morgan fingerprint density at radius 1 is 1.73 bits per heavy atom. The molecule has 1 rings (SSSR count). The fraction of sp³-hybridized carbons (Fsp3) is 0.714. The van der Waals surface area contributed by atoms with E-state index in [2.05, 4.69) is 10.3 Å². The lowest BCUT2D eigenvalue weighted by Gasteiger charge is -2.15. The van der Waals surface area contributed by atoms with Crippen LogP contribution in [0.2, 0.25) is 0 Å². The number of hydrogen-bond donors (Lipinski definition) is 2. The molecule has 1 unspecified atom stereocenters. The van der Waals surface area contributed by atoms with E-state index in [1.807, 2.05) is 6.92 Å². The Kier molecular flexibility index (Phi) is 1.85. The maximum atomic E-state index is 11.2. The lowest BCUT2D eigenvalue weighted by molar-refractivity contribution is -0.123. The Bertz CT molecular complexity index is 212. The topological polar surface area (TPSA) is 67.5 Å². The molecule has 1 heterocycles. The van der Waals surface area contributed by atoms with Gasteiger partial charge in [0.2, 0.25) is 0 Å². The van der Waals surface area contributed by atoms with Gasteiger partial charge in [-0.2, -0.15) is 0 Å². The fourth-order valence-corrected chi connectivity index (χ4v) is 1.25. The van der Waals surface area contributed by atoms with E-state index in [4.69, 9.17) is 5.73 Å². The van der Waals surface area contributed by atoms with Crippen molar-refractivity contribution in [3.8, 4) is 0 Å². The van der Waals surface area contributed by atoms with Gasteiger partial charge >= 0.3 is 0 Å². The van der Waals surface area contributed by atoms with E-state index >= 15 is 0 Å². The summed E-state index contributed by atoms with van der Waals surface area (Å²) in [5.74, 6) is 0.155. The first-order valence-corrected chi connectivity index (χ1v) is 3.75. The highest BCUT2D eigenvalue weighted by molar-refractivity contribution is 6.06. The minimum Gasteiger partial charge on any atom is -0.370 e. The minimum atomic E-state index is -0.612. The van der Waals surface area contributed by atoms with Crippen LogP contribution in [0.25, 0.3) is 0 Å². The largest absolute Gasteiger partial charge is 0.370 e. The zero-order valence-corrected chi connectivity index (χ0v) is 6.85. The molecule has 0 fully saturated rings. The smallest absolute Gasteiger partial charge is 0.254 e. The van der Waals surface area contributed by atoms with Gasteiger partial charge in [0.15, 0.2) is 5.96 Å². The molecule has 1 aliphatic heterocycles. The molecule has 11 heavy (non-hydrogen) atoms. The summed E-state index contributed by atoms with van der Waals surface area (Å²) >= 11 is 0. The van der Waals surface area contributed by atoms with Gasteiger partial charge in [-0.25, -0.2) is 4.99 Å². The molecular formula is C7H13N3O. The number of nitrogens with two attached hydrogens (primary N) is 1. The van der Waals surface area contributed by atoms with E-state index in [9.17, 15) is 4.79 Å². The number of amides is 1. The van der Waals surface area contributed by atoms with Crippen molar-refractivity contribution in [1.29, 1.82) is 0 Å². The summed E-state index contributed by atoms with van der Waals surface area (Å²) in [6.07, 6.45) is 1.68. The van der Waals surface area contributed by atoms with E-state index in [0.717, 1.165) is 12.8 Å². The summed E-state index contributed by atoms with van der Waals surface area (Å²) < 4.78 is 0. The van der Waals surface area contributed by atoms with Crippen molar-refractivity contribution in [3.05, 3.63) is 0 Å². The molecule has 0 aromatic heterocycles. The summed E-state index contributed by atoms with van der Waals surface area (Å²) in [6.45, 7) is 3.81. The molecule has 0 aromatic rings. The normalized spacial score (nSPS) is 30.0. The van der Waals surface area contributed by atoms with Gasteiger partial charge in [-0.15, -0.1) is 0 Å². The summed E-state index contributed by atoms with van der Waals surface area (Å²) in [5, 5.41) is 2.48. The van der Waals surface area contributed by atoms with Crippen LogP contribution in [0.4, 0.5) is 0 Å². The maximum Gasteiger partial charge on any atom is 0.254 e. The zero-order valence-electron chi connectivity index (χ0n) is 6.85. The third kappa shape index (κ3) is 1.34. The molecule has 0 saturated carbocycles. The van der Waals surface area contributed by atoms with E-state index in [-0.39, 0.29) is 11.9 Å². The lowest BCUT2D eigenvalue weighted by atomic mass is 9.97. The summed E-state index contributed by atoms with van der Waals surface area (Å²) in [5.41, 5.74) is 4.74. The first-order chi connectivity index (χ1) is 5.08. The Hall–Kier alpha value is -1.06. The van der Waals surface area contributed by atoms with Crippen molar-refractivity contribution in [2.45, 2.75) is 32.2 Å². The van der Waals surface area contributed by atoms with E-state index in [1.165, 1.54) is 0 Å². The Morgan fingerprint density at radius 2 is 2.36 bits per heavy atom. The number of guanidine groups is 1. The van der Waals surface area contributed by atoms with E-state index in [1.54, 1.807) is 6.92 Å². The van der Waals surface area contributed by atoms with Crippen molar-refractivity contribution in [2.24, 2.45) is 10.7 Å². The zero-order chi connectivity index (χ0) is 8.48. The molecule has 0 aromatic carbocycles. The summed E-state index contributed by atoms with van der Waals surface area (Å²) in [4.78, 5) is 15.2. The number of nitrogens with one attached hydrogen (secondary N) is 1. The highest BCUT2D eigenvalue weighted by Gasteiger charge is 2.37. The van der Waals surface area contributed by atoms with E-state index < -0.39 is 5.54 Å². The molecular weight excluding hydrogens is 142 g/mol. The van der Waals surface area contributed by atoms with Gasteiger partial charge in [0.05, 0.1) is 0 Å². The quantitative estimate of drug-likeness (QED) is 0.589. The van der Waals surface area contributed by atoms with Crippen LogP contribution in [0.15, 0.2) is 4.99 Å². The molecule has 4 heteroatoms. The van der Waals surface area contributed by atoms with Crippen molar-refractivity contribution in [3.63, 3.8) is 0 Å². The molecule has 1 atom stereocenters. The first kappa shape index (κ1) is 8.04. The second-order valence-electron chi connectivity index (χ2n) is 2.98. The number of carbonyl (C=O) groups excluding carboxylic acids is 1. The van der Waals surface area contributed by atoms with Crippen molar-refractivity contribution in [1.82, 2.24) is 5.32 Å². The highest BCUT2D eigenvalue weighted by atomic mass is 16.2. The van der Waals surface area contributed by atoms with Crippen molar-refractivity contribution in [2.75, 3.05) is 0 Å². The number of carbonyl (C=O) groups is 1. The molecule has 0 saturated heterocycles. The molecule has 1 aliphatic rings. The summed E-state index contributed by atoms with van der Waals surface area (Å²) in [7, 11) is 0. The second-order valence-corrected chi connectivity index (χ2v) is 2.98. The van der Waals surface area contributed by atoms with Gasteiger partial charge in [-0.1, -0.05) is 13.3 Å². The molecule has 0 bridgehead atoms. The molecule has 4 nitrogen and oxygen atoms in total. The SMILES string of the molecule is CCCC1(C)N=C(N)NC1=O. The fourth-order valence-electron chi connectivity index (χ4n) is 1.25. The Labute approximate surface area is 65.9 Å². The van der Waals surface area contributed by atoms with Gasteiger partial charge in [-0.05, 0) is 13.3 Å². The molecule has 0 spiro atoms. The van der Waals surface area contributed by atoms with Gasteiger partial charge in [0.1, 0.15) is 5.54 Å². The molecule has 3 N–H and O–H groups in total. The Morgan fingerprint density at radius 3 is 2.73 bits per heavy atom. The van der Waals surface area contributed by atoms with Crippen molar-refractivity contribution < 1.29 is 4.79 Å². The van der Waals surface area contributed by atoms with Gasteiger partial charge < -0.3 is 5.73 Å². The summed E-state index contributed by atoms with van der Waals surface area (Å²) in [6, 6.07) is 0. The molecule has 0 aliphatic carbocycles. The highest BCUT2D eigenvalue weighted by Crippen LogP contribution is 2.20. The third-order valence-electron chi connectivity index (χ3n) is 1.83. The molecule has 62 valence electrons. The van der Waals surface area contributed by atoms with Crippen LogP contribution in [-0.4, -0.2) is 17.4 Å². The van der Waals surface area contributed by atoms with Crippen LogP contribution in [0.3, 0.4) is 0 Å². The van der Waals surface area contributed by atoms with Gasteiger partial charge in [-0.3, -0.25) is 10.1 Å². The van der Waals surface area contributed by atoms with Crippen molar-refractivity contribution >= 4 is 11.9 Å². The first-order valence-electron chi connectivity index (χ1n) is 3.75. The average molecular weight is 155 g/mol. The second kappa shape index (κ2) is 2.53. The number of rotatable bonds is 2. The predicted octanol–water partition coefficient (Wildman–Crippen LogP) is -0.0103. The van der Waals surface area contributed by atoms with Crippen LogP contribution in [0.1, 0.15) is 26.7 Å². The van der Waals surface area contributed by atoms with Crippen LogP contribution in [0, 0.1) is 0 Å². The Balaban J connectivity index is 2.77. The van der Waals surface area contributed by atoms with E-state index in [0.29, 0.717) is 0 Å². The van der Waals surface area contributed by atoms with Crippen LogP contribution >= 0.6 is 0 Å². The van der Waals surface area contributed by atoms with Crippen LogP contribution < -0.4 is 11.1 Å². The van der Waals surface area contributed by atoms with Crippen LogP contribution in [-0.2, 0) is 4.79 Å². The number of hydrogen-bond acceptors (Lipinski definition) is 3. The third-order valence-corrected chi connectivity index (χ3v) is 1.83. The lowest BCUT2D eigenvalue weighted by Crippen LogP contribution is -2.38. The maximum absolute atomic E-state index is 11.2. The average Bonchev–Trinajstić information content (AvgIpc) is 2.08. The minimum absolute atomic E-state index is 0.0862. The van der Waals surface area contributed by atoms with Gasteiger partial charge in [0, 0.05) is 0 Å². The molecule has 0 radical (unpaired) electrons. The standard InChI is InChI=1S/C7H13N3O/c1-3-4-7(2)5(11)9-6(8)10-7/h3-4H2,1-2H3,(H3,8,9,10,11). The monoisotopic (exact) mass is 155 g/mol. The predicted molar refractivity (Wildman–Crippen MR) is 43.1 cm³/mol.